The van der Waals surface area contributed by atoms with Gasteiger partial charge in [0, 0.05) is 34.2 Å². The van der Waals surface area contributed by atoms with Crippen LogP contribution in [-0.2, 0) is 10.8 Å². The van der Waals surface area contributed by atoms with E-state index >= 15 is 0 Å². The van der Waals surface area contributed by atoms with Crippen molar-refractivity contribution in [3.63, 3.8) is 0 Å². The molecule has 1 aromatic carbocycles. The van der Waals surface area contributed by atoms with Crippen molar-refractivity contribution in [2.75, 3.05) is 17.3 Å². The molecule has 0 aliphatic carbocycles. The molecular weight excluding hydrogens is 234 g/mol. The molecule has 0 aliphatic rings. The Balaban J connectivity index is 2.26. The third kappa shape index (κ3) is 3.00. The Bertz CT molecular complexity index is 539. The van der Waals surface area contributed by atoms with Crippen LogP contribution in [0.3, 0.4) is 0 Å². The highest BCUT2D eigenvalue weighted by molar-refractivity contribution is 7.84. The van der Waals surface area contributed by atoms with Crippen LogP contribution in [0.5, 0.6) is 0 Å². The summed E-state index contributed by atoms with van der Waals surface area (Å²) < 4.78 is 11.1. The number of aromatic nitrogens is 2. The van der Waals surface area contributed by atoms with Crippen molar-refractivity contribution >= 4 is 27.5 Å². The normalized spacial score (nSPS) is 14.5. The molecule has 1 N–H and O–H groups in total. The first kappa shape index (κ1) is 12.0. The van der Waals surface area contributed by atoms with E-state index in [2.05, 4.69) is 15.3 Å². The average Bonchev–Trinajstić information content (AvgIpc) is 2.28. The highest BCUT2D eigenvalue weighted by atomic mass is 32.2. The summed E-state index contributed by atoms with van der Waals surface area (Å²) in [4.78, 5) is 8.43. The maximum atomic E-state index is 11.1. The van der Waals surface area contributed by atoms with E-state index in [1.54, 1.807) is 12.6 Å². The minimum atomic E-state index is -0.809. The summed E-state index contributed by atoms with van der Waals surface area (Å²) in [7, 11) is -0.809. The van der Waals surface area contributed by atoms with Gasteiger partial charge in [-0.1, -0.05) is 12.1 Å². The van der Waals surface area contributed by atoms with Gasteiger partial charge < -0.3 is 5.32 Å². The number of para-hydroxylation sites is 1. The van der Waals surface area contributed by atoms with Crippen LogP contribution < -0.4 is 5.32 Å². The number of fused-ring (bicyclic) bond motifs is 1. The van der Waals surface area contributed by atoms with Gasteiger partial charge in [0.1, 0.15) is 12.1 Å². The highest BCUT2D eigenvalue weighted by Crippen LogP contribution is 2.18. The van der Waals surface area contributed by atoms with Crippen molar-refractivity contribution in [2.45, 2.75) is 13.0 Å². The summed E-state index contributed by atoms with van der Waals surface area (Å²) in [6, 6.07) is 7.96. The van der Waals surface area contributed by atoms with E-state index in [1.165, 1.54) is 0 Å². The molecule has 4 nitrogen and oxygen atoms in total. The second kappa shape index (κ2) is 5.23. The van der Waals surface area contributed by atoms with E-state index in [-0.39, 0.29) is 6.04 Å². The van der Waals surface area contributed by atoms with Gasteiger partial charge in [-0.15, -0.1) is 0 Å². The molecule has 0 amide bonds. The van der Waals surface area contributed by atoms with Gasteiger partial charge in [-0.2, -0.15) is 0 Å². The second-order valence-corrected chi connectivity index (χ2v) is 5.50. The molecule has 0 fully saturated rings. The molecule has 90 valence electrons. The summed E-state index contributed by atoms with van der Waals surface area (Å²) in [6.07, 6.45) is 3.25. The topological polar surface area (TPSA) is 54.9 Å². The lowest BCUT2D eigenvalue weighted by Gasteiger charge is -2.14. The summed E-state index contributed by atoms with van der Waals surface area (Å²) in [5, 5.41) is 4.26. The van der Waals surface area contributed by atoms with Crippen LogP contribution >= 0.6 is 0 Å². The van der Waals surface area contributed by atoms with E-state index in [4.69, 9.17) is 0 Å². The zero-order valence-corrected chi connectivity index (χ0v) is 10.7. The van der Waals surface area contributed by atoms with E-state index in [1.807, 2.05) is 31.2 Å². The molecule has 0 radical (unpaired) electrons. The van der Waals surface area contributed by atoms with Crippen LogP contribution in [0.4, 0.5) is 5.82 Å². The molecule has 2 aromatic rings. The van der Waals surface area contributed by atoms with Gasteiger partial charge in [0.05, 0.1) is 5.52 Å². The standard InChI is InChI=1S/C12H15N3OS/c1-9(7-17(2)16)15-12-10-5-3-4-6-11(10)13-8-14-12/h3-6,8-9H,7H2,1-2H3,(H,13,14,15). The Hall–Kier alpha value is -1.49. The number of hydrogen-bond acceptors (Lipinski definition) is 4. The Morgan fingerprint density at radius 2 is 2.12 bits per heavy atom. The van der Waals surface area contributed by atoms with E-state index < -0.39 is 10.8 Å². The van der Waals surface area contributed by atoms with Crippen molar-refractivity contribution in [1.29, 1.82) is 0 Å². The highest BCUT2D eigenvalue weighted by Gasteiger charge is 2.08. The van der Waals surface area contributed by atoms with Gasteiger partial charge in [0.2, 0.25) is 0 Å². The van der Waals surface area contributed by atoms with E-state index in [0.717, 1.165) is 16.7 Å². The lowest BCUT2D eigenvalue weighted by molar-refractivity contribution is 0.683. The quantitative estimate of drug-likeness (QED) is 0.898. The fourth-order valence-electron chi connectivity index (χ4n) is 1.75. The molecule has 0 aliphatic heterocycles. The molecule has 0 spiro atoms. The van der Waals surface area contributed by atoms with Crippen LogP contribution in [0.25, 0.3) is 10.9 Å². The zero-order valence-electron chi connectivity index (χ0n) is 9.88. The van der Waals surface area contributed by atoms with Gasteiger partial charge in [0.25, 0.3) is 0 Å². The fourth-order valence-corrected chi connectivity index (χ4v) is 2.53. The fraction of sp³-hybridized carbons (Fsp3) is 0.333. The number of benzene rings is 1. The van der Waals surface area contributed by atoms with Gasteiger partial charge in [-0.05, 0) is 19.1 Å². The Morgan fingerprint density at radius 1 is 1.35 bits per heavy atom. The van der Waals surface area contributed by atoms with Crippen molar-refractivity contribution in [1.82, 2.24) is 9.97 Å². The second-order valence-electron chi connectivity index (χ2n) is 4.02. The number of hydrogen-bond donors (Lipinski definition) is 1. The minimum Gasteiger partial charge on any atom is -0.366 e. The van der Waals surface area contributed by atoms with Crippen molar-refractivity contribution in [3.8, 4) is 0 Å². The van der Waals surface area contributed by atoms with Crippen molar-refractivity contribution in [2.24, 2.45) is 0 Å². The molecule has 2 rings (SSSR count). The maximum absolute atomic E-state index is 11.1. The molecule has 2 atom stereocenters. The first-order valence-electron chi connectivity index (χ1n) is 5.43. The van der Waals surface area contributed by atoms with Crippen LogP contribution in [0.15, 0.2) is 30.6 Å². The first-order valence-corrected chi connectivity index (χ1v) is 7.16. The van der Waals surface area contributed by atoms with E-state index in [0.29, 0.717) is 5.75 Å². The first-order chi connectivity index (χ1) is 8.16. The SMILES string of the molecule is CC(CS(C)=O)Nc1ncnc2ccccc12. The summed E-state index contributed by atoms with van der Waals surface area (Å²) in [6.45, 7) is 2.00. The lowest BCUT2D eigenvalue weighted by Crippen LogP contribution is -2.23. The lowest BCUT2D eigenvalue weighted by atomic mass is 10.2. The molecule has 0 saturated heterocycles. The van der Waals surface area contributed by atoms with Gasteiger partial charge in [-0.3, -0.25) is 4.21 Å². The molecule has 17 heavy (non-hydrogen) atoms. The molecule has 0 bridgehead atoms. The summed E-state index contributed by atoms with van der Waals surface area (Å²) in [5.74, 6) is 1.41. The Kier molecular flexibility index (Phi) is 3.68. The van der Waals surface area contributed by atoms with Gasteiger partial charge in [-0.25, -0.2) is 9.97 Å². The predicted molar refractivity (Wildman–Crippen MR) is 71.6 cm³/mol. The molecular formula is C12H15N3OS. The average molecular weight is 249 g/mol. The summed E-state index contributed by atoms with van der Waals surface area (Å²) >= 11 is 0. The molecule has 1 aromatic heterocycles. The third-order valence-electron chi connectivity index (χ3n) is 2.41. The Morgan fingerprint density at radius 3 is 2.88 bits per heavy atom. The van der Waals surface area contributed by atoms with Crippen molar-refractivity contribution in [3.05, 3.63) is 30.6 Å². The predicted octanol–water partition coefficient (Wildman–Crippen LogP) is 1.81. The zero-order chi connectivity index (χ0) is 12.3. The van der Waals surface area contributed by atoms with E-state index in [9.17, 15) is 4.21 Å². The summed E-state index contributed by atoms with van der Waals surface area (Å²) in [5.41, 5.74) is 0.912. The molecule has 5 heteroatoms. The largest absolute Gasteiger partial charge is 0.366 e. The maximum Gasteiger partial charge on any atom is 0.137 e. The van der Waals surface area contributed by atoms with Crippen molar-refractivity contribution < 1.29 is 4.21 Å². The number of nitrogens with one attached hydrogen (secondary N) is 1. The van der Waals surface area contributed by atoms with Crippen LogP contribution in [0, 0.1) is 0 Å². The monoisotopic (exact) mass is 249 g/mol. The van der Waals surface area contributed by atoms with Gasteiger partial charge in [0.15, 0.2) is 0 Å². The Labute approximate surface area is 103 Å². The van der Waals surface area contributed by atoms with Crippen LogP contribution in [0.2, 0.25) is 0 Å². The number of rotatable bonds is 4. The van der Waals surface area contributed by atoms with Crippen LogP contribution in [0.1, 0.15) is 6.92 Å². The smallest absolute Gasteiger partial charge is 0.137 e. The minimum absolute atomic E-state index is 0.124. The number of nitrogens with zero attached hydrogens (tertiary/aromatic N) is 2. The molecule has 1 heterocycles. The van der Waals surface area contributed by atoms with Gasteiger partial charge >= 0.3 is 0 Å². The molecule has 2 unspecified atom stereocenters. The van der Waals surface area contributed by atoms with Crippen LogP contribution in [-0.4, -0.2) is 32.2 Å². The molecule has 0 saturated carbocycles. The third-order valence-corrected chi connectivity index (χ3v) is 3.38. The number of anilines is 1.